The van der Waals surface area contributed by atoms with Gasteiger partial charge in [-0.05, 0) is 18.2 Å². The molecule has 0 aliphatic heterocycles. The lowest BCUT2D eigenvalue weighted by atomic mass is 10.1. The summed E-state index contributed by atoms with van der Waals surface area (Å²) in [5.41, 5.74) is 6.07. The number of benzene rings is 1. The highest BCUT2D eigenvalue weighted by molar-refractivity contribution is 5.66. The van der Waals surface area contributed by atoms with E-state index < -0.39 is 5.82 Å². The summed E-state index contributed by atoms with van der Waals surface area (Å²) in [7, 11) is 3.03. The molecular formula is C12H12FN3O2. The molecule has 2 N–H and O–H groups in total. The molecule has 94 valence electrons. The number of halogens is 1. The first-order valence-electron chi connectivity index (χ1n) is 5.15. The summed E-state index contributed by atoms with van der Waals surface area (Å²) < 4.78 is 24.0. The van der Waals surface area contributed by atoms with E-state index in [1.807, 2.05) is 0 Å². The molecule has 18 heavy (non-hydrogen) atoms. The fourth-order valence-electron chi connectivity index (χ4n) is 1.57. The molecule has 0 unspecified atom stereocenters. The van der Waals surface area contributed by atoms with Crippen molar-refractivity contribution in [1.82, 2.24) is 9.97 Å². The highest BCUT2D eigenvalue weighted by Gasteiger charge is 2.13. The molecule has 0 aliphatic carbocycles. The van der Waals surface area contributed by atoms with E-state index in [4.69, 9.17) is 15.2 Å². The van der Waals surface area contributed by atoms with Crippen molar-refractivity contribution in [3.8, 4) is 22.8 Å². The molecule has 0 amide bonds. The minimum atomic E-state index is -0.648. The number of hydrogen-bond acceptors (Lipinski definition) is 5. The molecule has 5 nitrogen and oxygen atoms in total. The molecule has 2 aromatic rings. The van der Waals surface area contributed by atoms with Crippen molar-refractivity contribution in [3.05, 3.63) is 30.3 Å². The second-order valence-electron chi connectivity index (χ2n) is 3.49. The van der Waals surface area contributed by atoms with Gasteiger partial charge in [0.25, 0.3) is 0 Å². The highest BCUT2D eigenvalue weighted by Crippen LogP contribution is 2.32. The number of nitrogen functional groups attached to an aromatic ring is 1. The fourth-order valence-corrected chi connectivity index (χ4v) is 1.57. The molecule has 0 fully saturated rings. The van der Waals surface area contributed by atoms with Gasteiger partial charge in [0.2, 0.25) is 0 Å². The van der Waals surface area contributed by atoms with Crippen LogP contribution in [0.15, 0.2) is 24.5 Å². The van der Waals surface area contributed by atoms with E-state index in [2.05, 4.69) is 9.97 Å². The van der Waals surface area contributed by atoms with E-state index in [-0.39, 0.29) is 11.5 Å². The molecule has 1 aromatic carbocycles. The Kier molecular flexibility index (Phi) is 3.27. The van der Waals surface area contributed by atoms with Crippen molar-refractivity contribution < 1.29 is 13.9 Å². The Morgan fingerprint density at radius 3 is 2.50 bits per heavy atom. The smallest absolute Gasteiger partial charge is 0.191 e. The molecule has 1 heterocycles. The predicted molar refractivity (Wildman–Crippen MR) is 64.9 cm³/mol. The van der Waals surface area contributed by atoms with E-state index >= 15 is 0 Å². The number of hydrogen-bond donors (Lipinski definition) is 1. The van der Waals surface area contributed by atoms with E-state index in [0.29, 0.717) is 17.1 Å². The Bertz CT molecular complexity index is 575. The number of methoxy groups -OCH3 is 2. The Hall–Kier alpha value is -2.37. The molecule has 0 spiro atoms. The van der Waals surface area contributed by atoms with E-state index in [0.717, 1.165) is 0 Å². The predicted octanol–water partition coefficient (Wildman–Crippen LogP) is 1.88. The van der Waals surface area contributed by atoms with Crippen LogP contribution >= 0.6 is 0 Å². The third-order valence-electron chi connectivity index (χ3n) is 2.47. The maximum Gasteiger partial charge on any atom is 0.191 e. The zero-order valence-corrected chi connectivity index (χ0v) is 9.98. The van der Waals surface area contributed by atoms with Gasteiger partial charge in [-0.3, -0.25) is 0 Å². The number of aromatic nitrogens is 2. The number of nitrogens with zero attached hydrogens (tertiary/aromatic N) is 2. The lowest BCUT2D eigenvalue weighted by Crippen LogP contribution is -2.00. The van der Waals surface area contributed by atoms with Crippen molar-refractivity contribution in [3.63, 3.8) is 0 Å². The molecule has 1 aromatic heterocycles. The molecule has 0 saturated heterocycles. The van der Waals surface area contributed by atoms with E-state index in [1.165, 1.54) is 20.5 Å². The van der Waals surface area contributed by atoms with Gasteiger partial charge >= 0.3 is 0 Å². The van der Waals surface area contributed by atoms with Crippen molar-refractivity contribution in [2.45, 2.75) is 0 Å². The van der Waals surface area contributed by atoms with Crippen LogP contribution in [-0.4, -0.2) is 24.2 Å². The van der Waals surface area contributed by atoms with Crippen molar-refractivity contribution >= 4 is 5.82 Å². The number of anilines is 1. The van der Waals surface area contributed by atoms with Crippen LogP contribution < -0.4 is 15.2 Å². The van der Waals surface area contributed by atoms with Gasteiger partial charge in [-0.1, -0.05) is 0 Å². The van der Waals surface area contributed by atoms with E-state index in [1.54, 1.807) is 18.2 Å². The normalized spacial score (nSPS) is 10.2. The van der Waals surface area contributed by atoms with Crippen molar-refractivity contribution in [1.29, 1.82) is 0 Å². The minimum absolute atomic E-state index is 0.128. The summed E-state index contributed by atoms with van der Waals surface area (Å²) in [4.78, 5) is 7.45. The SMILES string of the molecule is COc1ccc(-c2ncnc(N)c2F)cc1OC. The Morgan fingerprint density at radius 2 is 1.83 bits per heavy atom. The Balaban J connectivity index is 2.54. The van der Waals surface area contributed by atoms with Gasteiger partial charge in [0, 0.05) is 5.56 Å². The van der Waals surface area contributed by atoms with Crippen LogP contribution in [0.4, 0.5) is 10.2 Å². The first-order valence-corrected chi connectivity index (χ1v) is 5.15. The number of nitrogens with two attached hydrogens (primary N) is 1. The maximum atomic E-state index is 13.8. The zero-order chi connectivity index (χ0) is 13.1. The molecule has 0 aliphatic rings. The lowest BCUT2D eigenvalue weighted by molar-refractivity contribution is 0.355. The van der Waals surface area contributed by atoms with Gasteiger partial charge in [0.1, 0.15) is 12.0 Å². The second kappa shape index (κ2) is 4.87. The molecule has 0 bridgehead atoms. The summed E-state index contributed by atoms with van der Waals surface area (Å²) in [5.74, 6) is 0.217. The molecule has 6 heteroatoms. The van der Waals surface area contributed by atoms with E-state index in [9.17, 15) is 4.39 Å². The van der Waals surface area contributed by atoms with Crippen LogP contribution in [0, 0.1) is 5.82 Å². The average Bonchev–Trinajstić information content (AvgIpc) is 2.41. The van der Waals surface area contributed by atoms with Crippen LogP contribution in [0.3, 0.4) is 0 Å². The first-order chi connectivity index (χ1) is 8.67. The van der Waals surface area contributed by atoms with Gasteiger partial charge in [-0.15, -0.1) is 0 Å². The summed E-state index contributed by atoms with van der Waals surface area (Å²) in [6.45, 7) is 0. The van der Waals surface area contributed by atoms with Gasteiger partial charge in [-0.2, -0.15) is 0 Å². The summed E-state index contributed by atoms with van der Waals surface area (Å²) in [6, 6.07) is 4.97. The van der Waals surface area contributed by atoms with Gasteiger partial charge in [0.05, 0.1) is 14.2 Å². The number of rotatable bonds is 3. The van der Waals surface area contributed by atoms with Crippen LogP contribution in [0.5, 0.6) is 11.5 Å². The summed E-state index contributed by atoms with van der Waals surface area (Å²) in [5, 5.41) is 0. The maximum absolute atomic E-state index is 13.8. The average molecular weight is 249 g/mol. The van der Waals surface area contributed by atoms with Crippen LogP contribution in [-0.2, 0) is 0 Å². The molecule has 0 saturated carbocycles. The van der Waals surface area contributed by atoms with Gasteiger partial charge < -0.3 is 15.2 Å². The topological polar surface area (TPSA) is 70.3 Å². The van der Waals surface area contributed by atoms with Gasteiger partial charge in [-0.25, -0.2) is 14.4 Å². The Morgan fingerprint density at radius 1 is 1.11 bits per heavy atom. The summed E-state index contributed by atoms with van der Waals surface area (Å²) in [6.07, 6.45) is 1.21. The molecular weight excluding hydrogens is 237 g/mol. The second-order valence-corrected chi connectivity index (χ2v) is 3.49. The Labute approximate surface area is 103 Å². The summed E-state index contributed by atoms with van der Waals surface area (Å²) >= 11 is 0. The van der Waals surface area contributed by atoms with Crippen molar-refractivity contribution in [2.24, 2.45) is 0 Å². The molecule has 2 rings (SSSR count). The van der Waals surface area contributed by atoms with Gasteiger partial charge in [0.15, 0.2) is 23.1 Å². The molecule has 0 radical (unpaired) electrons. The zero-order valence-electron chi connectivity index (χ0n) is 9.98. The first kappa shape index (κ1) is 12.1. The monoisotopic (exact) mass is 249 g/mol. The highest BCUT2D eigenvalue weighted by atomic mass is 19.1. The van der Waals surface area contributed by atoms with Crippen LogP contribution in [0.2, 0.25) is 0 Å². The largest absolute Gasteiger partial charge is 0.493 e. The standard InChI is InChI=1S/C12H12FN3O2/c1-17-8-4-3-7(5-9(8)18-2)11-10(13)12(14)16-6-15-11/h3-6H,1-2H3,(H2,14,15,16). The van der Waals surface area contributed by atoms with Crippen LogP contribution in [0.25, 0.3) is 11.3 Å². The third-order valence-corrected chi connectivity index (χ3v) is 2.47. The fraction of sp³-hybridized carbons (Fsp3) is 0.167. The molecule has 0 atom stereocenters. The quantitative estimate of drug-likeness (QED) is 0.899. The number of ether oxygens (including phenoxy) is 2. The lowest BCUT2D eigenvalue weighted by Gasteiger charge is -2.09. The minimum Gasteiger partial charge on any atom is -0.493 e. The van der Waals surface area contributed by atoms with Crippen LogP contribution in [0.1, 0.15) is 0 Å². The third kappa shape index (κ3) is 2.04. The van der Waals surface area contributed by atoms with Crippen molar-refractivity contribution in [2.75, 3.05) is 20.0 Å².